The Morgan fingerprint density at radius 3 is 1.72 bits per heavy atom. The van der Waals surface area contributed by atoms with E-state index in [1.165, 1.54) is 75.0 Å². The van der Waals surface area contributed by atoms with Crippen LogP contribution in [0.5, 0.6) is 0 Å². The molecular formula is C66H105ClF3N11O11. The average Bonchev–Trinajstić information content (AvgIpc) is 2.14. The SMILES string of the molecule is CC[C@H](C)[C@@H]1NC(=O)[C@H](C(C)C)N(C)C(=O)C[C@@H](C)NC(=O)[C@H](CC(C)C)N(C)C(=O)C2(CCCC2)NC(=O)[C@@H](CC(C)C)N(C)C(=O)[C@H](CCc2ccc(C(F)(F)F)c(Cl)c2)NC(=O)CN(C)C(=O)[C@H](CC2CCCCC2)N(C)C(=O)CN(C)C(=O)CN(C)C1=O. The molecule has 26 heteroatoms. The number of rotatable bonds is 12. The van der Waals surface area contributed by atoms with E-state index < -0.39 is 161 Å². The Bertz CT molecular complexity index is 2780. The third kappa shape index (κ3) is 21.2. The molecule has 0 bridgehead atoms. The lowest BCUT2D eigenvalue weighted by atomic mass is 9.84. The van der Waals surface area contributed by atoms with Crippen LogP contribution >= 0.6 is 11.6 Å². The van der Waals surface area contributed by atoms with Crippen molar-refractivity contribution in [2.75, 3.05) is 69.0 Å². The molecule has 1 heterocycles. The molecule has 4 rings (SSSR count). The van der Waals surface area contributed by atoms with E-state index in [-0.39, 0.29) is 69.1 Å². The Kier molecular flexibility index (Phi) is 29.3. The highest BCUT2D eigenvalue weighted by molar-refractivity contribution is 6.31. The van der Waals surface area contributed by atoms with Crippen LogP contribution in [-0.2, 0) is 65.3 Å². The number of halogens is 4. The third-order valence-corrected chi connectivity index (χ3v) is 18.9. The van der Waals surface area contributed by atoms with Gasteiger partial charge in [0.15, 0.2) is 0 Å². The predicted octanol–water partition coefficient (Wildman–Crippen LogP) is 6.05. The molecule has 1 aromatic rings. The van der Waals surface area contributed by atoms with Gasteiger partial charge in [-0.15, -0.1) is 0 Å². The molecule has 0 aromatic heterocycles. The fraction of sp³-hybridized carbons (Fsp3) is 0.742. The number of amides is 11. The van der Waals surface area contributed by atoms with Gasteiger partial charge in [0, 0.05) is 61.8 Å². The van der Waals surface area contributed by atoms with E-state index in [1.54, 1.807) is 27.7 Å². The molecule has 2 aliphatic carbocycles. The lowest BCUT2D eigenvalue weighted by Crippen LogP contribution is -2.64. The Morgan fingerprint density at radius 1 is 0.609 bits per heavy atom. The minimum Gasteiger partial charge on any atom is -0.351 e. The van der Waals surface area contributed by atoms with Crippen molar-refractivity contribution in [3.63, 3.8) is 0 Å². The summed E-state index contributed by atoms with van der Waals surface area (Å²) in [6.07, 6.45) is 1.40. The molecule has 2 saturated carbocycles. The van der Waals surface area contributed by atoms with Gasteiger partial charge in [-0.1, -0.05) is 124 Å². The highest BCUT2D eigenvalue weighted by atomic mass is 35.5. The molecular weight excluding hydrogens is 1220 g/mol. The van der Waals surface area contributed by atoms with Crippen molar-refractivity contribution in [3.05, 3.63) is 34.3 Å². The second kappa shape index (κ2) is 34.6. The molecule has 1 spiro atoms. The van der Waals surface area contributed by atoms with Crippen LogP contribution < -0.4 is 21.3 Å². The van der Waals surface area contributed by atoms with Crippen LogP contribution in [0.1, 0.15) is 170 Å². The Balaban J connectivity index is 1.85. The molecule has 4 N–H and O–H groups in total. The smallest absolute Gasteiger partial charge is 0.351 e. The lowest BCUT2D eigenvalue weighted by molar-refractivity contribution is -0.149. The van der Waals surface area contributed by atoms with Gasteiger partial charge >= 0.3 is 6.18 Å². The normalized spacial score (nSPS) is 25.5. The topological polar surface area (TPSA) is 259 Å². The number of nitrogens with zero attached hydrogens (tertiary/aromatic N) is 7. The minimum absolute atomic E-state index is 0.0254. The summed E-state index contributed by atoms with van der Waals surface area (Å²) in [5.41, 5.74) is -2.31. The number of nitrogens with one attached hydrogen (secondary N) is 4. The van der Waals surface area contributed by atoms with Gasteiger partial charge in [0.25, 0.3) is 0 Å². The maximum atomic E-state index is 15.2. The maximum absolute atomic E-state index is 15.2. The molecule has 1 aromatic carbocycles. The molecule has 22 nitrogen and oxygen atoms in total. The maximum Gasteiger partial charge on any atom is 0.417 e. The molecule has 3 fully saturated rings. The van der Waals surface area contributed by atoms with Gasteiger partial charge in [-0.3, -0.25) is 52.7 Å². The highest BCUT2D eigenvalue weighted by Crippen LogP contribution is 2.36. The molecule has 1 saturated heterocycles. The fourth-order valence-corrected chi connectivity index (χ4v) is 13.1. The molecule has 518 valence electrons. The van der Waals surface area contributed by atoms with E-state index in [2.05, 4.69) is 21.3 Å². The zero-order valence-corrected chi connectivity index (χ0v) is 58.0. The number of carbonyl (C=O) groups excluding carboxylic acids is 11. The van der Waals surface area contributed by atoms with E-state index in [0.717, 1.165) is 58.9 Å². The fourth-order valence-electron chi connectivity index (χ4n) is 12.8. The van der Waals surface area contributed by atoms with Crippen LogP contribution in [0.15, 0.2) is 18.2 Å². The quantitative estimate of drug-likeness (QED) is 0.187. The van der Waals surface area contributed by atoms with Crippen molar-refractivity contribution < 1.29 is 65.9 Å². The van der Waals surface area contributed by atoms with Crippen molar-refractivity contribution in [2.45, 2.75) is 219 Å². The van der Waals surface area contributed by atoms with Gasteiger partial charge in [0.1, 0.15) is 41.8 Å². The zero-order valence-electron chi connectivity index (χ0n) is 57.2. The van der Waals surface area contributed by atoms with E-state index in [1.807, 2.05) is 34.6 Å². The van der Waals surface area contributed by atoms with Crippen LogP contribution in [0.4, 0.5) is 13.2 Å². The second-order valence-corrected chi connectivity index (χ2v) is 27.9. The van der Waals surface area contributed by atoms with Crippen LogP contribution in [0.2, 0.25) is 5.02 Å². The van der Waals surface area contributed by atoms with Gasteiger partial charge in [-0.05, 0) is 99.2 Å². The summed E-state index contributed by atoms with van der Waals surface area (Å²) >= 11 is 6.13. The summed E-state index contributed by atoms with van der Waals surface area (Å²) < 4.78 is 41.4. The third-order valence-electron chi connectivity index (χ3n) is 18.6. The first-order valence-corrected chi connectivity index (χ1v) is 33.1. The Hall–Kier alpha value is -6.53. The summed E-state index contributed by atoms with van der Waals surface area (Å²) in [6, 6.07) is -4.83. The van der Waals surface area contributed by atoms with Crippen molar-refractivity contribution in [1.82, 2.24) is 55.6 Å². The average molecular weight is 1320 g/mol. The van der Waals surface area contributed by atoms with E-state index in [0.29, 0.717) is 24.8 Å². The van der Waals surface area contributed by atoms with Gasteiger partial charge in [-0.25, -0.2) is 0 Å². The van der Waals surface area contributed by atoms with Crippen LogP contribution in [0.3, 0.4) is 0 Å². The summed E-state index contributed by atoms with van der Waals surface area (Å²) in [5.74, 6) is -8.26. The number of carbonyl (C=O) groups is 11. The van der Waals surface area contributed by atoms with E-state index >= 15 is 14.4 Å². The van der Waals surface area contributed by atoms with Crippen molar-refractivity contribution in [3.8, 4) is 0 Å². The van der Waals surface area contributed by atoms with Crippen LogP contribution in [0, 0.1) is 29.6 Å². The first-order chi connectivity index (χ1) is 42.8. The van der Waals surface area contributed by atoms with Crippen molar-refractivity contribution >= 4 is 76.6 Å². The molecule has 8 atom stereocenters. The summed E-state index contributed by atoms with van der Waals surface area (Å²) in [4.78, 5) is 169. The van der Waals surface area contributed by atoms with Crippen LogP contribution in [-0.4, -0.2) is 216 Å². The number of aryl methyl sites for hydroxylation is 1. The predicted molar refractivity (Wildman–Crippen MR) is 344 cm³/mol. The lowest BCUT2D eigenvalue weighted by Gasteiger charge is -2.39. The molecule has 0 unspecified atom stereocenters. The van der Waals surface area contributed by atoms with Gasteiger partial charge < -0.3 is 55.6 Å². The Labute approximate surface area is 547 Å². The van der Waals surface area contributed by atoms with Crippen LogP contribution in [0.25, 0.3) is 0 Å². The molecule has 1 aliphatic heterocycles. The van der Waals surface area contributed by atoms with Crippen molar-refractivity contribution in [1.29, 1.82) is 0 Å². The number of hydrogen-bond acceptors (Lipinski definition) is 11. The number of benzene rings is 1. The summed E-state index contributed by atoms with van der Waals surface area (Å²) in [6.45, 7) is 14.5. The highest BCUT2D eigenvalue weighted by Gasteiger charge is 2.49. The number of hydrogen-bond donors (Lipinski definition) is 4. The van der Waals surface area contributed by atoms with Gasteiger partial charge in [0.2, 0.25) is 65.0 Å². The number of likely N-dealkylation sites (N-methyl/N-ethyl adjacent to an activating group) is 7. The first kappa shape index (κ1) is 77.9. The molecule has 3 aliphatic rings. The minimum atomic E-state index is -4.75. The second-order valence-electron chi connectivity index (χ2n) is 27.5. The molecule has 92 heavy (non-hydrogen) atoms. The summed E-state index contributed by atoms with van der Waals surface area (Å²) in [7, 11) is 9.90. The van der Waals surface area contributed by atoms with Gasteiger partial charge in [-0.2, -0.15) is 13.2 Å². The standard InChI is InChI=1S/C66H105ClF3N11O11/c1-17-42(8)56-63(91)77(12)37-54(84)75(10)38-55(85)78(13)51(35-44-23-19-18-20-24-44)62(90)76(11)36-52(82)72-48(28-26-45-25-27-46(47(67)34-45)66(68,69)70)61(89)79(14)50(32-40(4)5)59(87)74-65(29-21-22-30-65)64(92)80(15)49(31-39(2)3)58(86)71-43(9)33-53(83)81(16)57(41(6)7)60(88)73-56/h25,27,34,39-44,48-51,56-57H,17-24,26,28-33,35-38H2,1-16H3,(H,71,86)(H,72,82)(H,73,88)(H,74,87)/t42-,43+,48-,49-,50+,51-,56-,57-/m0/s1. The Morgan fingerprint density at radius 2 is 1.17 bits per heavy atom. The monoisotopic (exact) mass is 1320 g/mol. The zero-order chi connectivity index (χ0) is 69.4. The first-order valence-electron chi connectivity index (χ1n) is 32.7. The summed E-state index contributed by atoms with van der Waals surface area (Å²) in [5, 5.41) is 11.0. The van der Waals surface area contributed by atoms with E-state index in [9.17, 15) is 51.5 Å². The molecule has 0 radical (unpaired) electrons. The van der Waals surface area contributed by atoms with Gasteiger partial charge in [0.05, 0.1) is 30.2 Å². The van der Waals surface area contributed by atoms with Crippen molar-refractivity contribution in [2.24, 2.45) is 29.6 Å². The molecule has 11 amide bonds. The largest absolute Gasteiger partial charge is 0.417 e. The van der Waals surface area contributed by atoms with E-state index in [4.69, 9.17) is 11.6 Å². The number of alkyl halides is 3.